The number of halogens is 3. The molecule has 4 rings (SSSR count). The SMILES string of the molecule is COCCc1ncc(CN2CCC(c3cc(C(F)(F)F)n4nc(C)cc4n3)CC2)cn1. The fourth-order valence-electron chi connectivity index (χ4n) is 3.95. The molecule has 1 fully saturated rings. The average Bonchev–Trinajstić information content (AvgIpc) is 3.12. The molecule has 0 N–H and O–H groups in total. The predicted molar refractivity (Wildman–Crippen MR) is 108 cm³/mol. The van der Waals surface area contributed by atoms with Crippen molar-refractivity contribution in [3.05, 3.63) is 53.0 Å². The number of methoxy groups -OCH3 is 1. The molecule has 166 valence electrons. The highest BCUT2D eigenvalue weighted by molar-refractivity contribution is 5.42. The molecule has 31 heavy (non-hydrogen) atoms. The molecule has 0 bridgehead atoms. The van der Waals surface area contributed by atoms with E-state index >= 15 is 0 Å². The van der Waals surface area contributed by atoms with Gasteiger partial charge in [-0.3, -0.25) is 4.90 Å². The maximum atomic E-state index is 13.6. The number of aryl methyl sites for hydroxylation is 1. The van der Waals surface area contributed by atoms with Crippen molar-refractivity contribution >= 4 is 5.65 Å². The molecule has 0 spiro atoms. The largest absolute Gasteiger partial charge is 0.433 e. The van der Waals surface area contributed by atoms with Gasteiger partial charge in [-0.25, -0.2) is 19.5 Å². The van der Waals surface area contributed by atoms with Crippen molar-refractivity contribution in [2.75, 3.05) is 26.8 Å². The summed E-state index contributed by atoms with van der Waals surface area (Å²) in [6.07, 6.45) is 1.36. The van der Waals surface area contributed by atoms with Crippen LogP contribution in [0.3, 0.4) is 0 Å². The minimum Gasteiger partial charge on any atom is -0.384 e. The van der Waals surface area contributed by atoms with E-state index < -0.39 is 11.9 Å². The van der Waals surface area contributed by atoms with Crippen molar-refractivity contribution in [2.45, 2.75) is 44.8 Å². The molecule has 3 aromatic rings. The Balaban J connectivity index is 1.42. The molecule has 0 aromatic carbocycles. The first kappa shape index (κ1) is 21.6. The van der Waals surface area contributed by atoms with E-state index in [9.17, 15) is 13.2 Å². The maximum absolute atomic E-state index is 13.6. The summed E-state index contributed by atoms with van der Waals surface area (Å²) < 4.78 is 46.6. The van der Waals surface area contributed by atoms with Crippen molar-refractivity contribution in [1.29, 1.82) is 0 Å². The monoisotopic (exact) mass is 434 g/mol. The third-order valence-electron chi connectivity index (χ3n) is 5.56. The molecule has 0 atom stereocenters. The van der Waals surface area contributed by atoms with E-state index in [-0.39, 0.29) is 11.6 Å². The van der Waals surface area contributed by atoms with Gasteiger partial charge in [0.1, 0.15) is 11.5 Å². The molecule has 1 aliphatic rings. The highest BCUT2D eigenvalue weighted by Gasteiger charge is 2.36. The van der Waals surface area contributed by atoms with Gasteiger partial charge < -0.3 is 4.74 Å². The van der Waals surface area contributed by atoms with Gasteiger partial charge >= 0.3 is 6.18 Å². The highest BCUT2D eigenvalue weighted by Crippen LogP contribution is 2.34. The second kappa shape index (κ2) is 8.88. The van der Waals surface area contributed by atoms with Crippen molar-refractivity contribution in [3.63, 3.8) is 0 Å². The Labute approximate surface area is 178 Å². The number of hydrogen-bond acceptors (Lipinski definition) is 6. The molecule has 7 nitrogen and oxygen atoms in total. The minimum absolute atomic E-state index is 0.00905. The Morgan fingerprint density at radius 3 is 2.48 bits per heavy atom. The van der Waals surface area contributed by atoms with Crippen LogP contribution in [0.2, 0.25) is 0 Å². The first-order valence-electron chi connectivity index (χ1n) is 10.3. The molecule has 0 amide bonds. The summed E-state index contributed by atoms with van der Waals surface area (Å²) in [5.41, 5.74) is 1.50. The summed E-state index contributed by atoms with van der Waals surface area (Å²) in [5.74, 6) is 0.742. The number of likely N-dealkylation sites (tertiary alicyclic amines) is 1. The Kier molecular flexibility index (Phi) is 6.19. The second-order valence-corrected chi connectivity index (χ2v) is 7.92. The first-order chi connectivity index (χ1) is 14.8. The fraction of sp³-hybridized carbons (Fsp3) is 0.524. The van der Waals surface area contributed by atoms with Crippen LogP contribution in [-0.4, -0.2) is 56.3 Å². The molecular weight excluding hydrogens is 409 g/mol. The van der Waals surface area contributed by atoms with Gasteiger partial charge in [-0.05, 0) is 38.9 Å². The summed E-state index contributed by atoms with van der Waals surface area (Å²) >= 11 is 0. The van der Waals surface area contributed by atoms with Gasteiger partial charge in [-0.2, -0.15) is 18.3 Å². The molecular formula is C21H25F3N6O. The quantitative estimate of drug-likeness (QED) is 0.592. The molecule has 0 saturated carbocycles. The summed E-state index contributed by atoms with van der Waals surface area (Å²) in [7, 11) is 1.64. The summed E-state index contributed by atoms with van der Waals surface area (Å²) in [4.78, 5) is 15.5. The normalized spacial score (nSPS) is 16.3. The Bertz CT molecular complexity index is 1030. The minimum atomic E-state index is -4.48. The Morgan fingerprint density at radius 1 is 1.13 bits per heavy atom. The van der Waals surface area contributed by atoms with E-state index in [1.54, 1.807) is 20.1 Å². The number of hydrogen-bond donors (Lipinski definition) is 0. The van der Waals surface area contributed by atoms with Gasteiger partial charge in [0, 0.05) is 55.7 Å². The fourth-order valence-corrected chi connectivity index (χ4v) is 3.95. The lowest BCUT2D eigenvalue weighted by Crippen LogP contribution is -2.33. The van der Waals surface area contributed by atoms with E-state index in [0.29, 0.717) is 24.4 Å². The van der Waals surface area contributed by atoms with Crippen LogP contribution in [0.4, 0.5) is 13.2 Å². The molecule has 3 aromatic heterocycles. The molecule has 10 heteroatoms. The number of nitrogens with zero attached hydrogens (tertiary/aromatic N) is 6. The lowest BCUT2D eigenvalue weighted by Gasteiger charge is -2.31. The number of fused-ring (bicyclic) bond motifs is 1. The lowest BCUT2D eigenvalue weighted by atomic mass is 9.92. The third-order valence-corrected chi connectivity index (χ3v) is 5.56. The van der Waals surface area contributed by atoms with Crippen LogP contribution in [0.5, 0.6) is 0 Å². The van der Waals surface area contributed by atoms with Crippen LogP contribution >= 0.6 is 0 Å². The van der Waals surface area contributed by atoms with Gasteiger partial charge in [0.15, 0.2) is 5.65 Å². The molecule has 1 saturated heterocycles. The van der Waals surface area contributed by atoms with Crippen molar-refractivity contribution in [1.82, 2.24) is 29.5 Å². The van der Waals surface area contributed by atoms with E-state index in [1.807, 2.05) is 12.4 Å². The average molecular weight is 434 g/mol. The van der Waals surface area contributed by atoms with Crippen LogP contribution < -0.4 is 0 Å². The van der Waals surface area contributed by atoms with Crippen molar-refractivity contribution < 1.29 is 17.9 Å². The van der Waals surface area contributed by atoms with Gasteiger partial charge in [0.25, 0.3) is 0 Å². The van der Waals surface area contributed by atoms with Gasteiger partial charge in [0.2, 0.25) is 0 Å². The molecule has 0 unspecified atom stereocenters. The van der Waals surface area contributed by atoms with Crippen LogP contribution in [0.1, 0.15) is 47.2 Å². The summed E-state index contributed by atoms with van der Waals surface area (Å²) in [5, 5.41) is 3.95. The molecule has 4 heterocycles. The third kappa shape index (κ3) is 5.01. The van der Waals surface area contributed by atoms with Crippen molar-refractivity contribution in [2.24, 2.45) is 0 Å². The highest BCUT2D eigenvalue weighted by atomic mass is 19.4. The van der Waals surface area contributed by atoms with Crippen LogP contribution in [0, 0.1) is 6.92 Å². The molecule has 0 radical (unpaired) electrons. The maximum Gasteiger partial charge on any atom is 0.433 e. The van der Waals surface area contributed by atoms with Gasteiger partial charge in [-0.15, -0.1) is 0 Å². The zero-order valence-corrected chi connectivity index (χ0v) is 17.6. The number of rotatable bonds is 6. The van der Waals surface area contributed by atoms with E-state index in [0.717, 1.165) is 54.4 Å². The first-order valence-corrected chi connectivity index (χ1v) is 10.3. The number of ether oxygens (including phenoxy) is 1. The zero-order chi connectivity index (χ0) is 22.0. The van der Waals surface area contributed by atoms with Gasteiger partial charge in [-0.1, -0.05) is 0 Å². The van der Waals surface area contributed by atoms with Crippen LogP contribution in [-0.2, 0) is 23.9 Å². The zero-order valence-electron chi connectivity index (χ0n) is 17.6. The van der Waals surface area contributed by atoms with Crippen molar-refractivity contribution in [3.8, 4) is 0 Å². The lowest BCUT2D eigenvalue weighted by molar-refractivity contribution is -0.142. The molecule has 0 aliphatic carbocycles. The standard InChI is InChI=1S/C21H25F3N6O/c1-14-9-20-27-17(10-18(21(22,23)24)30(20)28-14)16-3-6-29(7-4-16)13-15-11-25-19(26-12-15)5-8-31-2/h9-12,16H,3-8,13H2,1-2H3. The van der Waals surface area contributed by atoms with Gasteiger partial charge in [0.05, 0.1) is 12.3 Å². The van der Waals surface area contributed by atoms with E-state index in [4.69, 9.17) is 4.74 Å². The van der Waals surface area contributed by atoms with E-state index in [1.165, 1.54) is 0 Å². The Hall–Kier alpha value is -2.59. The number of piperidine rings is 1. The number of alkyl halides is 3. The van der Waals surface area contributed by atoms with Crippen LogP contribution in [0.25, 0.3) is 5.65 Å². The predicted octanol–water partition coefficient (Wildman–Crippen LogP) is 3.42. The number of aromatic nitrogens is 5. The summed E-state index contributed by atoms with van der Waals surface area (Å²) in [6, 6.07) is 2.75. The van der Waals surface area contributed by atoms with Crippen LogP contribution in [0.15, 0.2) is 24.5 Å². The van der Waals surface area contributed by atoms with E-state index in [2.05, 4.69) is 25.0 Å². The Morgan fingerprint density at radius 2 is 1.84 bits per heavy atom. The molecule has 1 aliphatic heterocycles. The second-order valence-electron chi connectivity index (χ2n) is 7.92. The smallest absolute Gasteiger partial charge is 0.384 e. The topological polar surface area (TPSA) is 68.4 Å². The summed E-state index contributed by atoms with van der Waals surface area (Å²) in [6.45, 7) is 4.53.